The standard InChI is InChI=1S/C21H36N2O3S.C21H36N2O.C19H38N2O4.C17H24N2O2.C15H20N2O2S.C12H21N2O2.ClH.2K/c1-6-21(5,20(24)22-14-9-15-23(7-2)8-3)16-17(4)18-10-12-19(13-11-18)27(25)26;1-6-21(5,17-18(4)19-13-10-9-11-14-19)20(24)22-15-12-16-23(7-2)8-3;1-7-19(6,15-18(4,5)17(24)25-14-13-22)16(23)20-11-10-12-21(8-2)9-3;1-3-16(19-9-8-18-13-19)12-14(2)15-4-6-17(7-5-15)21-11-10-20;1-3-14(17-9-8-16-11-17)10-12(2)13-4-6-15(7-5-13)20(18)19;1-5-11(8-10(2)12(15)16-4)14-7-6-13(3)9-14;;;/h10-13,17H,6-9,14-16H2,1-5H3,(H,22,24)(H,25,26);9-11,13-14,18H,6-8,12,15-17H2,1-5H3,(H,22,24);22H,7-15H2,1-6H3,(H,20,23);4-9,13-14,16,20H,3,10-12H2,1-2H3;4-9,11-12,14H,3,10H2,1-2H3,(H,18,19);6-7,9-11H,5,8H2,1-4H3;1H;;/q;;;;;+1;;2*+1/p-3. The van der Waals surface area contributed by atoms with Crippen LogP contribution in [0.2, 0.25) is 0 Å². The molecule has 7 rings (SSSR count). The third-order valence-corrected chi connectivity index (χ3v) is 27.5. The molecule has 758 valence electrons. The minimum atomic E-state index is -2.21. The number of hydrogen-bond donors (Lipinski definition) is 5. The van der Waals surface area contributed by atoms with Gasteiger partial charge >= 0.3 is 115 Å². The number of nitrogens with zero attached hydrogens (tertiary/aromatic N) is 9. The normalized spacial score (nSPS) is 14.6. The number of imidazole rings is 3. The molecule has 0 spiro atoms. The quantitative estimate of drug-likeness (QED) is 0.00779. The van der Waals surface area contributed by atoms with Crippen LogP contribution >= 0.6 is 0 Å². The molecule has 26 nitrogen and oxygen atoms in total. The van der Waals surface area contributed by atoms with Crippen molar-refractivity contribution in [2.75, 3.05) is 112 Å². The number of aliphatic hydroxyl groups is 2. The molecule has 3 heterocycles. The first-order valence-electron chi connectivity index (χ1n) is 49.0. The van der Waals surface area contributed by atoms with Crippen LogP contribution in [0.15, 0.2) is 169 Å². The maximum Gasteiger partial charge on any atom is 1.00 e. The molecule has 0 saturated carbocycles. The van der Waals surface area contributed by atoms with Crippen molar-refractivity contribution in [2.24, 2.45) is 34.6 Å². The van der Waals surface area contributed by atoms with E-state index in [9.17, 15) is 41.5 Å². The first-order valence-corrected chi connectivity index (χ1v) is 51.1. The largest absolute Gasteiger partial charge is 1.00 e. The third kappa shape index (κ3) is 50.0. The molecular formula is C105H173ClK2N12O14S2. The summed E-state index contributed by atoms with van der Waals surface area (Å²) in [6.45, 7) is 57.4. The minimum Gasteiger partial charge on any atom is -1.00 e. The van der Waals surface area contributed by atoms with Crippen LogP contribution in [0.5, 0.6) is 5.75 Å². The van der Waals surface area contributed by atoms with E-state index in [4.69, 9.17) is 24.4 Å². The summed E-state index contributed by atoms with van der Waals surface area (Å²) < 4.78 is 67.4. The second-order valence-electron chi connectivity index (χ2n) is 36.6. The number of carbonyl (C=O) groups is 5. The summed E-state index contributed by atoms with van der Waals surface area (Å²) in [6, 6.07) is 33.9. The third-order valence-electron chi connectivity index (χ3n) is 26.2. The zero-order valence-corrected chi connectivity index (χ0v) is 96.7. The SMILES string of the molecule is CCC(CC(C)C(=O)OC)n1cc[n+](C)c1.CCC(CC(C)c1ccc(OCCO)cc1)n1ccnc1.CCC(CC(C)c1ccc(S(=O)[O-])cc1)n1ccnc1.CCN(CC)CCCNC(=O)C(C)(CC)CC(C)(C)C(=O)OCCO.CCN(CC)CCCNC(=O)C(C)(CC)CC(C)c1ccc(S(=O)[O-])cc1.CCN(CC)CCCNC(=O)C(C)(CC)CC(C)c1ccccc1.[Cl-].[K+].[K+]. The topological polar surface area (TPSA) is 324 Å². The fraction of sp³-hybridized carbons (Fsp3) is 0.638. The maximum absolute atomic E-state index is 12.8. The van der Waals surface area contributed by atoms with Crippen LogP contribution in [-0.4, -0.2) is 208 Å². The summed E-state index contributed by atoms with van der Waals surface area (Å²) in [5.41, 5.74) is 2.70. The fourth-order valence-electron chi connectivity index (χ4n) is 16.5. The number of ether oxygens (including phenoxy) is 3. The van der Waals surface area contributed by atoms with Gasteiger partial charge in [0.15, 0.2) is 0 Å². The summed E-state index contributed by atoms with van der Waals surface area (Å²) >= 11 is -4.36. The zero-order chi connectivity index (χ0) is 99.7. The van der Waals surface area contributed by atoms with Gasteiger partial charge in [0, 0.05) is 89.0 Å². The number of amides is 3. The number of halogens is 1. The van der Waals surface area contributed by atoms with Crippen LogP contribution in [-0.2, 0) is 62.7 Å². The van der Waals surface area contributed by atoms with E-state index in [0.717, 1.165) is 166 Å². The smallest absolute Gasteiger partial charge is 1.00 e. The van der Waals surface area contributed by atoms with Crippen LogP contribution in [0, 0.1) is 27.6 Å². The van der Waals surface area contributed by atoms with Crippen molar-refractivity contribution < 1.29 is 186 Å². The number of benzene rings is 4. The molecule has 0 aliphatic carbocycles. The van der Waals surface area contributed by atoms with E-state index >= 15 is 0 Å². The Morgan fingerprint density at radius 2 is 0.838 bits per heavy atom. The average Bonchev–Trinajstić information content (AvgIpc) is 0.966. The first kappa shape index (κ1) is 133. The Kier molecular flexibility index (Phi) is 72.7. The molecule has 0 aliphatic heterocycles. The monoisotopic (exact) mass is 2000 g/mol. The number of rotatable bonds is 55. The molecule has 136 heavy (non-hydrogen) atoms. The van der Waals surface area contributed by atoms with Gasteiger partial charge in [0.1, 0.15) is 37.4 Å². The van der Waals surface area contributed by atoms with Crippen LogP contribution in [0.25, 0.3) is 0 Å². The number of methoxy groups -OCH3 is 1. The molecular weight excluding hydrogens is 1830 g/mol. The van der Waals surface area contributed by atoms with Crippen molar-refractivity contribution in [3.8, 4) is 5.75 Å². The Morgan fingerprint density at radius 1 is 0.485 bits per heavy atom. The Hall–Kier alpha value is -4.76. The van der Waals surface area contributed by atoms with E-state index in [1.54, 1.807) is 44.3 Å². The molecule has 13 atom stereocenters. The van der Waals surface area contributed by atoms with Gasteiger partial charge in [-0.1, -0.05) is 205 Å². The molecule has 0 radical (unpaired) electrons. The predicted octanol–water partition coefficient (Wildman–Crippen LogP) is 9.47. The van der Waals surface area contributed by atoms with Crippen LogP contribution < -0.4 is 140 Å². The number of hydrogen-bond acceptors (Lipinski definition) is 19. The van der Waals surface area contributed by atoms with E-state index in [1.807, 2.05) is 139 Å². The van der Waals surface area contributed by atoms with Gasteiger partial charge in [-0.05, 0) is 267 Å². The van der Waals surface area contributed by atoms with Crippen molar-refractivity contribution in [3.63, 3.8) is 0 Å². The Balaban J connectivity index is 0. The van der Waals surface area contributed by atoms with Gasteiger partial charge in [0.2, 0.25) is 24.0 Å². The Bertz CT molecular complexity index is 4310. The van der Waals surface area contributed by atoms with E-state index in [0.29, 0.717) is 73.3 Å². The number of nitrogens with one attached hydrogen (secondary N) is 3. The molecule has 3 aromatic heterocycles. The van der Waals surface area contributed by atoms with Crippen molar-refractivity contribution in [1.82, 2.24) is 54.3 Å². The maximum atomic E-state index is 12.8. The number of aromatic nitrogens is 6. The summed E-state index contributed by atoms with van der Waals surface area (Å²) in [5, 5.41) is 26.9. The molecule has 5 N–H and O–H groups in total. The van der Waals surface area contributed by atoms with Gasteiger partial charge in [-0.25, -0.2) is 19.1 Å². The van der Waals surface area contributed by atoms with Crippen LogP contribution in [0.4, 0.5) is 0 Å². The number of aliphatic hydroxyl groups excluding tert-OH is 2. The van der Waals surface area contributed by atoms with Gasteiger partial charge < -0.3 is 85.7 Å². The summed E-state index contributed by atoms with van der Waals surface area (Å²) in [5.74, 6) is 1.94. The van der Waals surface area contributed by atoms with Gasteiger partial charge in [-0.3, -0.25) is 32.4 Å². The Morgan fingerprint density at radius 3 is 1.15 bits per heavy atom. The number of esters is 2. The van der Waals surface area contributed by atoms with Gasteiger partial charge in [0.05, 0.1) is 51.4 Å². The van der Waals surface area contributed by atoms with E-state index in [2.05, 4.69) is 195 Å². The first-order chi connectivity index (χ1) is 63.3. The molecule has 3 amide bonds. The van der Waals surface area contributed by atoms with Crippen LogP contribution in [0.1, 0.15) is 313 Å². The second kappa shape index (κ2) is 74.2. The average molecular weight is 2010 g/mol. The molecule has 0 fully saturated rings. The van der Waals surface area contributed by atoms with Crippen molar-refractivity contribution in [2.45, 2.75) is 300 Å². The van der Waals surface area contributed by atoms with Gasteiger partial charge in [-0.2, -0.15) is 0 Å². The number of carbonyl (C=O) groups excluding carboxylic acids is 5. The molecule has 4 aromatic carbocycles. The molecule has 0 aliphatic rings. The van der Waals surface area contributed by atoms with Crippen molar-refractivity contribution >= 4 is 51.8 Å². The van der Waals surface area contributed by atoms with E-state index in [-0.39, 0.29) is 187 Å². The van der Waals surface area contributed by atoms with Gasteiger partial charge in [-0.15, -0.1) is 0 Å². The molecule has 7 aromatic rings. The summed E-state index contributed by atoms with van der Waals surface area (Å²) in [7, 11) is 3.43. The van der Waals surface area contributed by atoms with Crippen LogP contribution in [0.3, 0.4) is 0 Å². The molecule has 31 heteroatoms. The molecule has 0 bridgehead atoms. The van der Waals surface area contributed by atoms with E-state index < -0.39 is 38.4 Å². The Labute approximate surface area is 916 Å². The fourth-order valence-corrected chi connectivity index (χ4v) is 17.2. The minimum absolute atomic E-state index is 0. The predicted molar refractivity (Wildman–Crippen MR) is 537 cm³/mol. The summed E-state index contributed by atoms with van der Waals surface area (Å²) in [4.78, 5) is 77.6. The molecule has 0 saturated heterocycles. The van der Waals surface area contributed by atoms with Crippen molar-refractivity contribution in [1.29, 1.82) is 0 Å². The zero-order valence-electron chi connectivity index (χ0n) is 88.1. The summed E-state index contributed by atoms with van der Waals surface area (Å²) in [6.07, 6.45) is 30.7. The van der Waals surface area contributed by atoms with Gasteiger partial charge in [0.25, 0.3) is 0 Å². The number of aryl methyl sites for hydroxylation is 1. The van der Waals surface area contributed by atoms with E-state index in [1.165, 1.54) is 18.2 Å². The molecule has 13 unspecified atom stereocenters. The second-order valence-corrected chi connectivity index (χ2v) is 38.5. The van der Waals surface area contributed by atoms with Crippen molar-refractivity contribution in [3.05, 3.63) is 182 Å².